The summed E-state index contributed by atoms with van der Waals surface area (Å²) >= 11 is 0. The number of piperidine rings is 1. The molecule has 1 aliphatic heterocycles. The first kappa shape index (κ1) is 15.3. The first-order valence-corrected chi connectivity index (χ1v) is 8.69. The summed E-state index contributed by atoms with van der Waals surface area (Å²) in [5.41, 5.74) is 0. The van der Waals surface area contributed by atoms with Crippen LogP contribution in [-0.2, 0) is 0 Å². The summed E-state index contributed by atoms with van der Waals surface area (Å²) in [5, 5.41) is 3.97. The van der Waals surface area contributed by atoms with Gasteiger partial charge in [-0.15, -0.1) is 0 Å². The van der Waals surface area contributed by atoms with Crippen molar-refractivity contribution in [1.82, 2.24) is 10.2 Å². The van der Waals surface area contributed by atoms with Gasteiger partial charge in [-0.25, -0.2) is 0 Å². The molecule has 0 spiro atoms. The molecule has 0 aromatic carbocycles. The quantitative estimate of drug-likeness (QED) is 0.786. The van der Waals surface area contributed by atoms with Gasteiger partial charge in [0.15, 0.2) is 0 Å². The SMILES string of the molecule is CCCCC1CC(NC2CCCC2)CN(C(C)C)C1. The molecule has 2 heteroatoms. The van der Waals surface area contributed by atoms with Crippen molar-refractivity contribution >= 4 is 0 Å². The zero-order valence-electron chi connectivity index (χ0n) is 13.3. The molecule has 2 unspecified atom stereocenters. The average molecular weight is 266 g/mol. The van der Waals surface area contributed by atoms with E-state index in [1.54, 1.807) is 0 Å². The van der Waals surface area contributed by atoms with Gasteiger partial charge in [-0.3, -0.25) is 4.90 Å². The van der Waals surface area contributed by atoms with Gasteiger partial charge in [0.05, 0.1) is 0 Å². The molecule has 0 bridgehead atoms. The molecule has 2 rings (SSSR count). The van der Waals surface area contributed by atoms with Gasteiger partial charge in [0.25, 0.3) is 0 Å². The molecule has 2 aliphatic rings. The molecule has 0 aromatic heterocycles. The molecule has 1 N–H and O–H groups in total. The van der Waals surface area contributed by atoms with E-state index in [2.05, 4.69) is 31.0 Å². The van der Waals surface area contributed by atoms with Crippen LogP contribution in [0.25, 0.3) is 0 Å². The number of unbranched alkanes of at least 4 members (excludes halogenated alkanes) is 1. The standard InChI is InChI=1S/C17H34N2/c1-4-5-8-15-11-17(13-19(12-15)14(2)3)18-16-9-6-7-10-16/h14-18H,4-13H2,1-3H3. The molecule has 2 nitrogen and oxygen atoms in total. The fraction of sp³-hybridized carbons (Fsp3) is 1.00. The van der Waals surface area contributed by atoms with Crippen molar-refractivity contribution in [2.75, 3.05) is 13.1 Å². The van der Waals surface area contributed by atoms with E-state index in [9.17, 15) is 0 Å². The Labute approximate surface area is 120 Å². The number of nitrogens with one attached hydrogen (secondary N) is 1. The minimum atomic E-state index is 0.706. The lowest BCUT2D eigenvalue weighted by atomic mass is 9.89. The second kappa shape index (κ2) is 7.64. The van der Waals surface area contributed by atoms with Crippen molar-refractivity contribution in [2.45, 2.75) is 90.3 Å². The lowest BCUT2D eigenvalue weighted by Crippen LogP contribution is -2.53. The third-order valence-electron chi connectivity index (χ3n) is 5.09. The predicted octanol–water partition coefficient (Wildman–Crippen LogP) is 3.81. The molecular formula is C17H34N2. The first-order valence-electron chi connectivity index (χ1n) is 8.69. The third-order valence-corrected chi connectivity index (χ3v) is 5.09. The van der Waals surface area contributed by atoms with Crippen molar-refractivity contribution in [3.05, 3.63) is 0 Å². The van der Waals surface area contributed by atoms with Crippen LogP contribution in [-0.4, -0.2) is 36.1 Å². The Kier molecular flexibility index (Phi) is 6.15. The van der Waals surface area contributed by atoms with Crippen LogP contribution in [0.4, 0.5) is 0 Å². The molecule has 0 radical (unpaired) electrons. The minimum Gasteiger partial charge on any atom is -0.310 e. The van der Waals surface area contributed by atoms with Gasteiger partial charge < -0.3 is 5.32 Å². The fourth-order valence-electron chi connectivity index (χ4n) is 3.91. The largest absolute Gasteiger partial charge is 0.310 e. The first-order chi connectivity index (χ1) is 9.19. The Morgan fingerprint density at radius 3 is 2.47 bits per heavy atom. The maximum absolute atomic E-state index is 3.97. The van der Waals surface area contributed by atoms with Crippen molar-refractivity contribution in [1.29, 1.82) is 0 Å². The zero-order valence-corrected chi connectivity index (χ0v) is 13.3. The minimum absolute atomic E-state index is 0.706. The Bertz CT molecular complexity index is 244. The number of hydrogen-bond donors (Lipinski definition) is 1. The van der Waals surface area contributed by atoms with Gasteiger partial charge in [-0.05, 0) is 45.4 Å². The fourth-order valence-corrected chi connectivity index (χ4v) is 3.91. The van der Waals surface area contributed by atoms with E-state index in [4.69, 9.17) is 0 Å². The van der Waals surface area contributed by atoms with Gasteiger partial charge in [0, 0.05) is 31.2 Å². The second-order valence-electron chi connectivity index (χ2n) is 7.14. The van der Waals surface area contributed by atoms with Crippen LogP contribution in [0.15, 0.2) is 0 Å². The van der Waals surface area contributed by atoms with E-state index in [1.807, 2.05) is 0 Å². The molecular weight excluding hydrogens is 232 g/mol. The molecule has 1 aliphatic carbocycles. The predicted molar refractivity (Wildman–Crippen MR) is 83.5 cm³/mol. The lowest BCUT2D eigenvalue weighted by Gasteiger charge is -2.41. The molecule has 1 saturated heterocycles. The van der Waals surface area contributed by atoms with Gasteiger partial charge in [-0.2, -0.15) is 0 Å². The molecule has 2 fully saturated rings. The summed E-state index contributed by atoms with van der Waals surface area (Å²) < 4.78 is 0. The van der Waals surface area contributed by atoms with Crippen molar-refractivity contribution < 1.29 is 0 Å². The van der Waals surface area contributed by atoms with Crippen LogP contribution in [0.2, 0.25) is 0 Å². The van der Waals surface area contributed by atoms with Crippen molar-refractivity contribution in [2.24, 2.45) is 5.92 Å². The van der Waals surface area contributed by atoms with E-state index in [0.717, 1.165) is 18.0 Å². The Hall–Kier alpha value is -0.0800. The number of likely N-dealkylation sites (tertiary alicyclic amines) is 1. The monoisotopic (exact) mass is 266 g/mol. The van der Waals surface area contributed by atoms with Gasteiger partial charge in [0.2, 0.25) is 0 Å². The van der Waals surface area contributed by atoms with E-state index in [0.29, 0.717) is 6.04 Å². The normalized spacial score (nSPS) is 30.3. The van der Waals surface area contributed by atoms with Crippen LogP contribution in [0.1, 0.15) is 72.1 Å². The van der Waals surface area contributed by atoms with E-state index < -0.39 is 0 Å². The smallest absolute Gasteiger partial charge is 0.0200 e. The highest BCUT2D eigenvalue weighted by atomic mass is 15.2. The Morgan fingerprint density at radius 1 is 1.11 bits per heavy atom. The average Bonchev–Trinajstić information content (AvgIpc) is 2.89. The van der Waals surface area contributed by atoms with Gasteiger partial charge in [-0.1, -0.05) is 32.6 Å². The Balaban J connectivity index is 1.85. The Morgan fingerprint density at radius 2 is 1.84 bits per heavy atom. The van der Waals surface area contributed by atoms with Crippen molar-refractivity contribution in [3.63, 3.8) is 0 Å². The summed E-state index contributed by atoms with van der Waals surface area (Å²) in [5.74, 6) is 0.926. The van der Waals surface area contributed by atoms with Crippen LogP contribution >= 0.6 is 0 Å². The van der Waals surface area contributed by atoms with E-state index >= 15 is 0 Å². The van der Waals surface area contributed by atoms with Crippen molar-refractivity contribution in [3.8, 4) is 0 Å². The number of rotatable bonds is 6. The van der Waals surface area contributed by atoms with Gasteiger partial charge >= 0.3 is 0 Å². The highest BCUT2D eigenvalue weighted by Gasteiger charge is 2.29. The maximum Gasteiger partial charge on any atom is 0.0200 e. The molecule has 2 atom stereocenters. The van der Waals surface area contributed by atoms with Crippen LogP contribution in [0.3, 0.4) is 0 Å². The summed E-state index contributed by atoms with van der Waals surface area (Å²) in [4.78, 5) is 2.70. The molecule has 112 valence electrons. The number of hydrogen-bond acceptors (Lipinski definition) is 2. The van der Waals surface area contributed by atoms with E-state index in [1.165, 1.54) is 64.5 Å². The summed E-state index contributed by atoms with van der Waals surface area (Å²) in [6.07, 6.45) is 11.3. The van der Waals surface area contributed by atoms with Crippen LogP contribution in [0, 0.1) is 5.92 Å². The lowest BCUT2D eigenvalue weighted by molar-refractivity contribution is 0.102. The van der Waals surface area contributed by atoms with E-state index in [-0.39, 0.29) is 0 Å². The highest BCUT2D eigenvalue weighted by Crippen LogP contribution is 2.26. The topological polar surface area (TPSA) is 15.3 Å². The summed E-state index contributed by atoms with van der Waals surface area (Å²) in [7, 11) is 0. The van der Waals surface area contributed by atoms with Crippen LogP contribution < -0.4 is 5.32 Å². The summed E-state index contributed by atoms with van der Waals surface area (Å²) in [6.45, 7) is 9.64. The van der Waals surface area contributed by atoms with Gasteiger partial charge in [0.1, 0.15) is 0 Å². The zero-order chi connectivity index (χ0) is 13.7. The molecule has 0 amide bonds. The molecule has 1 saturated carbocycles. The molecule has 19 heavy (non-hydrogen) atoms. The summed E-state index contributed by atoms with van der Waals surface area (Å²) in [6, 6.07) is 2.28. The van der Waals surface area contributed by atoms with Crippen LogP contribution in [0.5, 0.6) is 0 Å². The third kappa shape index (κ3) is 4.75. The molecule has 1 heterocycles. The molecule has 0 aromatic rings. The maximum atomic E-state index is 3.97. The highest BCUT2D eigenvalue weighted by molar-refractivity contribution is 4.88. The number of nitrogens with zero attached hydrogens (tertiary/aromatic N) is 1. The second-order valence-corrected chi connectivity index (χ2v) is 7.14.